The van der Waals surface area contributed by atoms with Crippen LogP contribution in [0.5, 0.6) is 0 Å². The van der Waals surface area contributed by atoms with Crippen LogP contribution in [0.15, 0.2) is 0 Å². The first kappa shape index (κ1) is 13.5. The lowest BCUT2D eigenvalue weighted by molar-refractivity contribution is -0.124. The number of nitrogens with two attached hydrogens (primary N) is 1. The van der Waals surface area contributed by atoms with E-state index in [1.54, 1.807) is 4.90 Å². The number of carbonyl (C=O) groups is 2. The predicted molar refractivity (Wildman–Crippen MR) is 69.3 cm³/mol. The SMILES string of the molecule is NC(=O)C1CCCC2CCN(CCCl)C(=O)NC21. The van der Waals surface area contributed by atoms with Crippen LogP contribution in [0.1, 0.15) is 25.7 Å². The molecular formula is C12H20ClN3O2. The first-order valence-electron chi connectivity index (χ1n) is 6.54. The number of halogens is 1. The summed E-state index contributed by atoms with van der Waals surface area (Å²) in [5, 5.41) is 2.97. The van der Waals surface area contributed by atoms with E-state index in [9.17, 15) is 9.59 Å². The van der Waals surface area contributed by atoms with E-state index in [0.29, 0.717) is 24.9 Å². The normalized spacial score (nSPS) is 32.4. The van der Waals surface area contributed by atoms with Crippen molar-refractivity contribution in [2.75, 3.05) is 19.0 Å². The van der Waals surface area contributed by atoms with Gasteiger partial charge >= 0.3 is 6.03 Å². The molecule has 6 heteroatoms. The highest BCUT2D eigenvalue weighted by Gasteiger charge is 2.39. The fraction of sp³-hybridized carbons (Fsp3) is 0.833. The molecule has 3 unspecified atom stereocenters. The number of nitrogens with zero attached hydrogens (tertiary/aromatic N) is 1. The Bertz CT molecular complexity index is 337. The third-order valence-corrected chi connectivity index (χ3v) is 4.27. The van der Waals surface area contributed by atoms with E-state index < -0.39 is 0 Å². The molecule has 1 aliphatic heterocycles. The van der Waals surface area contributed by atoms with Gasteiger partial charge in [0.2, 0.25) is 5.91 Å². The van der Waals surface area contributed by atoms with Gasteiger partial charge in [-0.3, -0.25) is 4.79 Å². The highest BCUT2D eigenvalue weighted by atomic mass is 35.5. The second-order valence-corrected chi connectivity index (χ2v) is 5.52. The lowest BCUT2D eigenvalue weighted by Gasteiger charge is -2.35. The van der Waals surface area contributed by atoms with Crippen molar-refractivity contribution < 1.29 is 9.59 Å². The van der Waals surface area contributed by atoms with Gasteiger partial charge in [-0.15, -0.1) is 11.6 Å². The number of nitrogens with one attached hydrogen (secondary N) is 1. The van der Waals surface area contributed by atoms with Gasteiger partial charge in [-0.2, -0.15) is 0 Å². The molecule has 1 aliphatic carbocycles. The zero-order valence-electron chi connectivity index (χ0n) is 10.4. The molecule has 1 saturated carbocycles. The van der Waals surface area contributed by atoms with Crippen LogP contribution in [0.4, 0.5) is 4.79 Å². The molecule has 2 fully saturated rings. The summed E-state index contributed by atoms with van der Waals surface area (Å²) in [5.41, 5.74) is 5.44. The van der Waals surface area contributed by atoms with Crippen LogP contribution in [0.3, 0.4) is 0 Å². The van der Waals surface area contributed by atoms with Crippen LogP contribution in [-0.2, 0) is 4.79 Å². The highest BCUT2D eigenvalue weighted by Crippen LogP contribution is 2.33. The summed E-state index contributed by atoms with van der Waals surface area (Å²) in [4.78, 5) is 25.2. The van der Waals surface area contributed by atoms with Gasteiger partial charge in [0.1, 0.15) is 0 Å². The molecule has 0 radical (unpaired) electrons. The van der Waals surface area contributed by atoms with Gasteiger partial charge in [-0.05, 0) is 25.2 Å². The fourth-order valence-corrected chi connectivity index (χ4v) is 3.33. The summed E-state index contributed by atoms with van der Waals surface area (Å²) in [7, 11) is 0. The number of hydrogen-bond acceptors (Lipinski definition) is 2. The molecular weight excluding hydrogens is 254 g/mol. The molecule has 18 heavy (non-hydrogen) atoms. The summed E-state index contributed by atoms with van der Waals surface area (Å²) in [6.45, 7) is 1.26. The summed E-state index contributed by atoms with van der Waals surface area (Å²) < 4.78 is 0. The number of urea groups is 1. The van der Waals surface area contributed by atoms with Crippen LogP contribution in [0, 0.1) is 11.8 Å². The van der Waals surface area contributed by atoms with E-state index in [-0.39, 0.29) is 23.9 Å². The van der Waals surface area contributed by atoms with E-state index in [2.05, 4.69) is 5.32 Å². The number of amides is 3. The van der Waals surface area contributed by atoms with Crippen molar-refractivity contribution in [2.24, 2.45) is 17.6 Å². The second kappa shape index (κ2) is 5.78. The maximum atomic E-state index is 12.0. The Kier molecular flexibility index (Phi) is 4.32. The third-order valence-electron chi connectivity index (χ3n) is 4.10. The quantitative estimate of drug-likeness (QED) is 0.750. The molecule has 1 saturated heterocycles. The van der Waals surface area contributed by atoms with Crippen molar-refractivity contribution in [1.82, 2.24) is 10.2 Å². The molecule has 1 heterocycles. The largest absolute Gasteiger partial charge is 0.369 e. The monoisotopic (exact) mass is 273 g/mol. The minimum absolute atomic E-state index is 0.0934. The first-order chi connectivity index (χ1) is 8.63. The Labute approximate surface area is 112 Å². The number of hydrogen-bond donors (Lipinski definition) is 2. The summed E-state index contributed by atoms with van der Waals surface area (Å²) >= 11 is 5.69. The minimum atomic E-state index is -0.296. The van der Waals surface area contributed by atoms with Gasteiger partial charge in [0.15, 0.2) is 0 Å². The molecule has 2 aliphatic rings. The lowest BCUT2D eigenvalue weighted by atomic mass is 9.75. The van der Waals surface area contributed by atoms with E-state index in [1.165, 1.54) is 0 Å². The summed E-state index contributed by atoms with van der Waals surface area (Å²) in [5.74, 6) is 0.280. The van der Waals surface area contributed by atoms with Crippen LogP contribution < -0.4 is 11.1 Å². The predicted octanol–water partition coefficient (Wildman–Crippen LogP) is 0.911. The maximum Gasteiger partial charge on any atom is 0.317 e. The smallest absolute Gasteiger partial charge is 0.317 e. The molecule has 0 spiro atoms. The van der Waals surface area contributed by atoms with Crippen LogP contribution in [0.25, 0.3) is 0 Å². The number of alkyl halides is 1. The Morgan fingerprint density at radius 2 is 2.22 bits per heavy atom. The zero-order valence-corrected chi connectivity index (χ0v) is 11.2. The molecule has 3 amide bonds. The van der Waals surface area contributed by atoms with E-state index in [0.717, 1.165) is 25.7 Å². The van der Waals surface area contributed by atoms with Gasteiger partial charge in [0.25, 0.3) is 0 Å². The number of fused-ring (bicyclic) bond motifs is 1. The summed E-state index contributed by atoms with van der Waals surface area (Å²) in [6, 6.07) is -0.208. The third kappa shape index (κ3) is 2.71. The van der Waals surface area contributed by atoms with Crippen LogP contribution >= 0.6 is 11.6 Å². The maximum absolute atomic E-state index is 12.0. The fourth-order valence-electron chi connectivity index (χ4n) is 3.12. The molecule has 102 valence electrons. The Morgan fingerprint density at radius 3 is 2.89 bits per heavy atom. The molecule has 2 rings (SSSR count). The first-order valence-corrected chi connectivity index (χ1v) is 7.07. The Balaban J connectivity index is 2.11. The van der Waals surface area contributed by atoms with Gasteiger partial charge in [-0.25, -0.2) is 4.79 Å². The van der Waals surface area contributed by atoms with Gasteiger partial charge in [0.05, 0.1) is 5.92 Å². The number of primary amides is 1. The standard InChI is InChI=1S/C12H20ClN3O2/c13-5-7-16-6-4-8-2-1-3-9(11(14)17)10(8)15-12(16)18/h8-10H,1-7H2,(H2,14,17)(H,15,18). The second-order valence-electron chi connectivity index (χ2n) is 5.14. The van der Waals surface area contributed by atoms with Gasteiger partial charge in [-0.1, -0.05) is 6.42 Å². The van der Waals surface area contributed by atoms with Crippen molar-refractivity contribution in [3.63, 3.8) is 0 Å². The topological polar surface area (TPSA) is 75.4 Å². The summed E-state index contributed by atoms with van der Waals surface area (Å²) in [6.07, 6.45) is 3.78. The molecule has 0 bridgehead atoms. The number of rotatable bonds is 3. The molecule has 0 aromatic carbocycles. The minimum Gasteiger partial charge on any atom is -0.369 e. The molecule has 0 aromatic rings. The number of carbonyl (C=O) groups excluding carboxylic acids is 2. The van der Waals surface area contributed by atoms with Gasteiger partial charge < -0.3 is 16.0 Å². The molecule has 3 N–H and O–H groups in total. The zero-order chi connectivity index (χ0) is 13.1. The van der Waals surface area contributed by atoms with E-state index in [4.69, 9.17) is 17.3 Å². The van der Waals surface area contributed by atoms with E-state index in [1.807, 2.05) is 0 Å². The van der Waals surface area contributed by atoms with E-state index >= 15 is 0 Å². The average Bonchev–Trinajstić information content (AvgIpc) is 2.49. The van der Waals surface area contributed by atoms with Crippen molar-refractivity contribution in [3.8, 4) is 0 Å². The van der Waals surface area contributed by atoms with Crippen molar-refractivity contribution in [2.45, 2.75) is 31.7 Å². The highest BCUT2D eigenvalue weighted by molar-refractivity contribution is 6.18. The van der Waals surface area contributed by atoms with Crippen LogP contribution in [-0.4, -0.2) is 41.8 Å². The lowest BCUT2D eigenvalue weighted by Crippen LogP contribution is -2.52. The van der Waals surface area contributed by atoms with Gasteiger partial charge in [0, 0.05) is 25.0 Å². The molecule has 3 atom stereocenters. The molecule has 0 aromatic heterocycles. The average molecular weight is 274 g/mol. The van der Waals surface area contributed by atoms with Crippen molar-refractivity contribution in [3.05, 3.63) is 0 Å². The van der Waals surface area contributed by atoms with Crippen molar-refractivity contribution >= 4 is 23.5 Å². The van der Waals surface area contributed by atoms with Crippen LogP contribution in [0.2, 0.25) is 0 Å². The Morgan fingerprint density at radius 1 is 1.44 bits per heavy atom. The Hall–Kier alpha value is -0.970. The molecule has 5 nitrogen and oxygen atoms in total. The van der Waals surface area contributed by atoms with Crippen molar-refractivity contribution in [1.29, 1.82) is 0 Å².